The van der Waals surface area contributed by atoms with Crippen molar-refractivity contribution in [1.82, 2.24) is 0 Å². The second kappa shape index (κ2) is 19.8. The maximum atomic E-state index is 13.0. The van der Waals surface area contributed by atoms with Crippen molar-refractivity contribution < 1.29 is 22.8 Å². The van der Waals surface area contributed by atoms with Crippen LogP contribution in [0.4, 0.5) is 4.20 Å². The van der Waals surface area contributed by atoms with Crippen molar-refractivity contribution in [2.24, 2.45) is 0 Å². The van der Waals surface area contributed by atoms with E-state index in [0.29, 0.717) is 6.42 Å². The van der Waals surface area contributed by atoms with Crippen LogP contribution in [0.15, 0.2) is 48.6 Å². The van der Waals surface area contributed by atoms with Gasteiger partial charge in [-0.2, -0.15) is 0 Å². The highest BCUT2D eigenvalue weighted by Gasteiger charge is 2.24. The van der Waals surface area contributed by atoms with Gasteiger partial charge in [0, 0.05) is 0 Å². The van der Waals surface area contributed by atoms with Crippen molar-refractivity contribution >= 4 is 7.91 Å². The van der Waals surface area contributed by atoms with Crippen molar-refractivity contribution in [3.8, 4) is 0 Å². The molecule has 0 spiro atoms. The molecule has 156 valence electrons. The quantitative estimate of drug-likeness (QED) is 0.0771. The Morgan fingerprint density at radius 3 is 1.74 bits per heavy atom. The summed E-state index contributed by atoms with van der Waals surface area (Å²) in [5.74, 6) is 0. The van der Waals surface area contributed by atoms with E-state index in [1.165, 1.54) is 25.7 Å². The second-order valence-electron chi connectivity index (χ2n) is 6.09. The van der Waals surface area contributed by atoms with Gasteiger partial charge in [-0.25, -0.2) is 9.45 Å². The first kappa shape index (κ1) is 26.0. The number of hydrogen-bond acceptors (Lipinski definition) is 4. The summed E-state index contributed by atoms with van der Waals surface area (Å²) in [7, 11) is -3.46. The van der Waals surface area contributed by atoms with Gasteiger partial charge < -0.3 is 0 Å². The van der Waals surface area contributed by atoms with Gasteiger partial charge in [0.2, 0.25) is 0 Å². The minimum Gasteiger partial charge on any atom is -0.282 e. The topological polar surface area (TPSA) is 44.8 Å². The fraction of sp³-hybridized carbons (Fsp3) is 0.619. The first-order valence-electron chi connectivity index (χ1n) is 9.89. The van der Waals surface area contributed by atoms with Crippen LogP contribution in [0, 0.1) is 0 Å². The highest BCUT2D eigenvalue weighted by molar-refractivity contribution is 7.47. The van der Waals surface area contributed by atoms with Crippen LogP contribution in [0.3, 0.4) is 0 Å². The van der Waals surface area contributed by atoms with Crippen molar-refractivity contribution in [2.75, 3.05) is 13.7 Å². The molecular formula is C21H36FO4P. The Labute approximate surface area is 164 Å². The van der Waals surface area contributed by atoms with Crippen molar-refractivity contribution in [1.29, 1.82) is 0 Å². The summed E-state index contributed by atoms with van der Waals surface area (Å²) in [6.07, 6.45) is 27.7. The summed E-state index contributed by atoms with van der Waals surface area (Å²) in [4.78, 5) is 4.01. The molecule has 6 heteroatoms. The third kappa shape index (κ3) is 21.2. The normalized spacial score (nSPS) is 14.9. The van der Waals surface area contributed by atoms with Crippen LogP contribution < -0.4 is 0 Å². The van der Waals surface area contributed by atoms with Gasteiger partial charge in [0.05, 0.1) is 13.7 Å². The van der Waals surface area contributed by atoms with Gasteiger partial charge in [-0.1, -0.05) is 68.4 Å². The molecular weight excluding hydrogens is 366 g/mol. The van der Waals surface area contributed by atoms with Crippen molar-refractivity contribution in [2.45, 2.75) is 71.1 Å². The van der Waals surface area contributed by atoms with E-state index in [0.717, 1.165) is 39.2 Å². The van der Waals surface area contributed by atoms with Crippen LogP contribution >= 0.6 is 7.91 Å². The lowest BCUT2D eigenvalue weighted by Crippen LogP contribution is -1.93. The van der Waals surface area contributed by atoms with E-state index >= 15 is 0 Å². The molecule has 1 unspecified atom stereocenters. The fourth-order valence-corrected chi connectivity index (χ4v) is 2.78. The third-order valence-corrected chi connectivity index (χ3v) is 4.45. The summed E-state index contributed by atoms with van der Waals surface area (Å²) in [6, 6.07) is 0. The molecule has 0 aromatic heterocycles. The summed E-state index contributed by atoms with van der Waals surface area (Å²) < 4.78 is 32.3. The highest BCUT2D eigenvalue weighted by Crippen LogP contribution is 2.49. The molecule has 0 rings (SSSR count). The third-order valence-electron chi connectivity index (χ3n) is 3.63. The zero-order valence-corrected chi connectivity index (χ0v) is 17.7. The van der Waals surface area contributed by atoms with Gasteiger partial charge in [-0.3, -0.25) is 4.52 Å². The largest absolute Gasteiger partial charge is 0.540 e. The molecule has 0 aliphatic rings. The number of unbranched alkanes of at least 4 members (excludes halogenated alkanes) is 5. The molecule has 0 fully saturated rings. The summed E-state index contributed by atoms with van der Waals surface area (Å²) >= 11 is 0. The van der Waals surface area contributed by atoms with E-state index in [-0.39, 0.29) is 6.61 Å². The Hall–Kier alpha value is -1.00. The number of rotatable bonds is 18. The lowest BCUT2D eigenvalue weighted by atomic mass is 10.2. The fourth-order valence-electron chi connectivity index (χ4n) is 2.21. The Bertz CT molecular complexity index is 487. The van der Waals surface area contributed by atoms with E-state index < -0.39 is 7.91 Å². The molecule has 0 N–H and O–H groups in total. The molecule has 0 aromatic carbocycles. The Morgan fingerprint density at radius 1 is 0.778 bits per heavy atom. The maximum Gasteiger partial charge on any atom is 0.540 e. The van der Waals surface area contributed by atoms with Gasteiger partial charge in [0.1, 0.15) is 0 Å². The van der Waals surface area contributed by atoms with Crippen LogP contribution in [0.1, 0.15) is 71.1 Å². The van der Waals surface area contributed by atoms with E-state index in [2.05, 4.69) is 69.6 Å². The molecule has 0 radical (unpaired) electrons. The van der Waals surface area contributed by atoms with Gasteiger partial charge in [0.25, 0.3) is 0 Å². The second-order valence-corrected chi connectivity index (χ2v) is 7.36. The minimum absolute atomic E-state index is 0.0468. The molecule has 0 amide bonds. The number of halogens is 1. The molecule has 1 atom stereocenters. The smallest absolute Gasteiger partial charge is 0.282 e. The van der Waals surface area contributed by atoms with Gasteiger partial charge in [-0.05, 0) is 51.4 Å². The van der Waals surface area contributed by atoms with E-state index in [1.807, 2.05) is 0 Å². The predicted octanol–water partition coefficient (Wildman–Crippen LogP) is 7.80. The molecule has 0 aliphatic carbocycles. The van der Waals surface area contributed by atoms with Gasteiger partial charge in [0.15, 0.2) is 0 Å². The zero-order valence-electron chi connectivity index (χ0n) is 16.9. The highest BCUT2D eigenvalue weighted by atomic mass is 31.2. The molecule has 27 heavy (non-hydrogen) atoms. The monoisotopic (exact) mass is 402 g/mol. The van der Waals surface area contributed by atoms with Crippen LogP contribution in [0.25, 0.3) is 0 Å². The van der Waals surface area contributed by atoms with Crippen molar-refractivity contribution in [3.63, 3.8) is 0 Å². The number of hydrogen-bond donors (Lipinski definition) is 0. The summed E-state index contributed by atoms with van der Waals surface area (Å²) in [5, 5.41) is 0. The van der Waals surface area contributed by atoms with Crippen LogP contribution in [-0.2, 0) is 18.7 Å². The Morgan fingerprint density at radius 2 is 1.26 bits per heavy atom. The van der Waals surface area contributed by atoms with Gasteiger partial charge >= 0.3 is 7.91 Å². The van der Waals surface area contributed by atoms with Crippen LogP contribution in [0.5, 0.6) is 0 Å². The Balaban J connectivity index is 3.48. The Kier molecular flexibility index (Phi) is 19.0. The first-order chi connectivity index (χ1) is 13.1. The van der Waals surface area contributed by atoms with Crippen molar-refractivity contribution in [3.05, 3.63) is 48.6 Å². The van der Waals surface area contributed by atoms with E-state index in [4.69, 9.17) is 0 Å². The molecule has 0 aliphatic heterocycles. The summed E-state index contributed by atoms with van der Waals surface area (Å²) in [6.45, 7) is 2.27. The molecule has 4 nitrogen and oxygen atoms in total. The van der Waals surface area contributed by atoms with Gasteiger partial charge in [-0.15, -0.1) is 8.87 Å². The van der Waals surface area contributed by atoms with E-state index in [1.54, 1.807) is 0 Å². The van der Waals surface area contributed by atoms with Crippen LogP contribution in [0.2, 0.25) is 0 Å². The minimum atomic E-state index is -4.54. The van der Waals surface area contributed by atoms with Crippen LogP contribution in [-0.4, -0.2) is 13.7 Å². The standard InChI is InChI=1S/C21H36FO4P/c1-3-4-5-6-7-8-9-10-11-12-13-14-15-16-17-18-19-20-21-25-27(22,23)26-24-2/h7-8,10-11,13-14,16-17H,3-6,9,12,15,18-21H2,1-2H3/b8-7-,11-10-,14-13-,17-16-. The SMILES string of the molecule is CCCCC/C=C\C/C=C\C/C=C\C/C=C\CCCCOP(=O)(F)OOC. The average Bonchev–Trinajstić information content (AvgIpc) is 2.63. The zero-order chi connectivity index (χ0) is 20.1. The molecule has 0 saturated heterocycles. The number of allylic oxidation sites excluding steroid dienone is 8. The molecule has 0 bridgehead atoms. The van der Waals surface area contributed by atoms with E-state index in [9.17, 15) is 8.76 Å². The lowest BCUT2D eigenvalue weighted by molar-refractivity contribution is -0.194. The lowest BCUT2D eigenvalue weighted by Gasteiger charge is -2.06. The molecule has 0 aromatic rings. The predicted molar refractivity (Wildman–Crippen MR) is 111 cm³/mol. The molecule has 0 heterocycles. The maximum absolute atomic E-state index is 13.0. The summed E-state index contributed by atoms with van der Waals surface area (Å²) in [5.41, 5.74) is 0. The molecule has 0 saturated carbocycles. The first-order valence-corrected chi connectivity index (χ1v) is 11.3. The average molecular weight is 402 g/mol.